The molecule has 0 aliphatic rings. The third-order valence-electron chi connectivity index (χ3n) is 7.36. The van der Waals surface area contributed by atoms with Crippen LogP contribution in [0.2, 0.25) is 0 Å². The molecule has 6 N–H and O–H groups in total. The monoisotopic (exact) mass is 665 g/mol. The molecule has 0 heterocycles. The van der Waals surface area contributed by atoms with Crippen molar-refractivity contribution < 1.29 is 33.4 Å². The van der Waals surface area contributed by atoms with Gasteiger partial charge >= 0.3 is 11.9 Å². The second-order valence-corrected chi connectivity index (χ2v) is 12.3. The Balaban J connectivity index is 1.54. The van der Waals surface area contributed by atoms with E-state index in [2.05, 4.69) is 16.0 Å². The molecule has 2 atom stereocenters. The summed E-state index contributed by atoms with van der Waals surface area (Å²) in [5.74, 6) is -3.55. The van der Waals surface area contributed by atoms with E-state index in [1.165, 1.54) is 31.4 Å². The highest BCUT2D eigenvalue weighted by Crippen LogP contribution is 2.21. The Kier molecular flexibility index (Phi) is 11.5. The van der Waals surface area contributed by atoms with Crippen LogP contribution in [0.3, 0.4) is 0 Å². The van der Waals surface area contributed by atoms with E-state index in [9.17, 15) is 24.0 Å². The lowest BCUT2D eigenvalue weighted by atomic mass is 9.98. The molecule has 4 aromatic rings. The number of fused-ring (bicyclic) bond motifs is 1. The minimum absolute atomic E-state index is 0.0894. The number of amidine groups is 1. The molecule has 3 amide bonds. The maximum Gasteiger partial charge on any atom is 0.328 e. The predicted molar refractivity (Wildman–Crippen MR) is 185 cm³/mol. The first-order valence-electron chi connectivity index (χ1n) is 15.5. The van der Waals surface area contributed by atoms with Gasteiger partial charge in [-0.1, -0.05) is 60.7 Å². The lowest BCUT2D eigenvalue weighted by Crippen LogP contribution is -2.53. The minimum Gasteiger partial charge on any atom is -0.467 e. The Morgan fingerprint density at radius 1 is 0.776 bits per heavy atom. The molecule has 0 saturated carbocycles. The SMILES string of the molecule is COC(=O)[C@H](Cc1cccc2ccccc12)NC(=O)[C@H](CC(=O)OC(C)(C)C)NC(=O)c1cccc(NC(=O)c2ccc(C(=N)N)cc2)c1. The first kappa shape index (κ1) is 35.8. The van der Waals surface area contributed by atoms with Crippen LogP contribution in [0.15, 0.2) is 91.0 Å². The first-order chi connectivity index (χ1) is 23.2. The van der Waals surface area contributed by atoms with Gasteiger partial charge in [-0.25, -0.2) is 4.79 Å². The number of anilines is 1. The van der Waals surface area contributed by atoms with Crippen molar-refractivity contribution in [3.63, 3.8) is 0 Å². The van der Waals surface area contributed by atoms with Crippen LogP contribution in [-0.2, 0) is 30.3 Å². The quantitative estimate of drug-likeness (QED) is 0.0849. The summed E-state index contributed by atoms with van der Waals surface area (Å²) in [6.07, 6.45) is -0.435. The van der Waals surface area contributed by atoms with Crippen LogP contribution in [-0.4, -0.2) is 60.3 Å². The van der Waals surface area contributed by atoms with Crippen molar-refractivity contribution in [3.05, 3.63) is 113 Å². The molecule has 254 valence electrons. The van der Waals surface area contributed by atoms with Crippen LogP contribution in [0.5, 0.6) is 0 Å². The molecule has 0 radical (unpaired) electrons. The molecule has 0 bridgehead atoms. The molecule has 0 aliphatic heterocycles. The molecular formula is C37H39N5O7. The number of ether oxygens (including phenoxy) is 2. The van der Waals surface area contributed by atoms with Crippen molar-refractivity contribution in [1.82, 2.24) is 10.6 Å². The molecule has 0 aliphatic carbocycles. The Bertz CT molecular complexity index is 1880. The highest BCUT2D eigenvalue weighted by atomic mass is 16.6. The van der Waals surface area contributed by atoms with Crippen molar-refractivity contribution in [1.29, 1.82) is 5.41 Å². The van der Waals surface area contributed by atoms with Gasteiger partial charge in [-0.3, -0.25) is 24.6 Å². The summed E-state index contributed by atoms with van der Waals surface area (Å²) in [6, 6.07) is 22.8. The fraction of sp³-hybridized carbons (Fsp3) is 0.243. The Morgan fingerprint density at radius 3 is 2.10 bits per heavy atom. The van der Waals surface area contributed by atoms with Crippen LogP contribution < -0.4 is 21.7 Å². The van der Waals surface area contributed by atoms with E-state index in [1.54, 1.807) is 45.0 Å². The van der Waals surface area contributed by atoms with Crippen LogP contribution >= 0.6 is 0 Å². The zero-order valence-electron chi connectivity index (χ0n) is 27.7. The lowest BCUT2D eigenvalue weighted by molar-refractivity contribution is -0.156. The van der Waals surface area contributed by atoms with Crippen LogP contribution in [0, 0.1) is 5.41 Å². The fourth-order valence-electron chi connectivity index (χ4n) is 5.04. The van der Waals surface area contributed by atoms with Gasteiger partial charge in [0.15, 0.2) is 0 Å². The number of nitrogen functional groups attached to an aromatic ring is 1. The van der Waals surface area contributed by atoms with Crippen LogP contribution in [0.25, 0.3) is 10.8 Å². The molecule has 0 saturated heterocycles. The lowest BCUT2D eigenvalue weighted by Gasteiger charge is -2.24. The van der Waals surface area contributed by atoms with Crippen molar-refractivity contribution in [2.24, 2.45) is 5.73 Å². The molecule has 0 fully saturated rings. The first-order valence-corrected chi connectivity index (χ1v) is 15.5. The number of benzene rings is 4. The van der Waals surface area contributed by atoms with Crippen LogP contribution in [0.4, 0.5) is 5.69 Å². The third kappa shape index (κ3) is 9.97. The molecular weight excluding hydrogens is 626 g/mol. The Morgan fingerprint density at radius 2 is 1.43 bits per heavy atom. The van der Waals surface area contributed by atoms with Crippen molar-refractivity contribution >= 4 is 52.0 Å². The maximum atomic E-state index is 13.7. The zero-order chi connectivity index (χ0) is 35.7. The molecule has 12 nitrogen and oxygen atoms in total. The molecule has 4 rings (SSSR count). The Hall–Kier alpha value is -6.04. The number of hydrogen-bond donors (Lipinski definition) is 5. The molecule has 0 aromatic heterocycles. The number of rotatable bonds is 12. The number of amides is 3. The predicted octanol–water partition coefficient (Wildman–Crippen LogP) is 4.11. The van der Waals surface area contributed by atoms with Gasteiger partial charge in [-0.2, -0.15) is 0 Å². The van der Waals surface area contributed by atoms with E-state index in [4.69, 9.17) is 20.6 Å². The summed E-state index contributed by atoms with van der Waals surface area (Å²) >= 11 is 0. The average Bonchev–Trinajstić information content (AvgIpc) is 3.06. The van der Waals surface area contributed by atoms with Gasteiger partial charge in [0.05, 0.1) is 13.5 Å². The van der Waals surface area contributed by atoms with E-state index < -0.39 is 53.8 Å². The van der Waals surface area contributed by atoms with E-state index in [0.717, 1.165) is 16.3 Å². The standard InChI is InChI=1S/C37H39N5O7/c1-37(2,3)49-31(43)21-29(35(46)42-30(36(47)48-4)20-25-11-7-10-22-9-5-6-14-28(22)25)41-34(45)26-12-8-13-27(19-26)40-33(44)24-17-15-23(16-18-24)32(38)39/h5-19,29-30H,20-21H2,1-4H3,(H3,38,39)(H,40,44)(H,41,45)(H,42,46)/t29-,30-/m0/s1. The average molecular weight is 666 g/mol. The second kappa shape index (κ2) is 15.7. The van der Waals surface area contributed by atoms with E-state index in [-0.39, 0.29) is 17.8 Å². The Labute approximate surface area is 283 Å². The van der Waals surface area contributed by atoms with E-state index in [1.807, 2.05) is 42.5 Å². The van der Waals surface area contributed by atoms with Gasteiger partial charge in [0.25, 0.3) is 11.8 Å². The molecule has 49 heavy (non-hydrogen) atoms. The number of esters is 2. The zero-order valence-corrected chi connectivity index (χ0v) is 27.7. The molecule has 4 aromatic carbocycles. The van der Waals surface area contributed by atoms with Gasteiger partial charge in [-0.15, -0.1) is 0 Å². The van der Waals surface area contributed by atoms with Crippen molar-refractivity contribution in [3.8, 4) is 0 Å². The number of nitrogens with two attached hydrogens (primary N) is 1. The third-order valence-corrected chi connectivity index (χ3v) is 7.36. The minimum atomic E-state index is -1.43. The smallest absolute Gasteiger partial charge is 0.328 e. The molecule has 0 unspecified atom stereocenters. The highest BCUT2D eigenvalue weighted by molar-refractivity contribution is 6.06. The number of carbonyl (C=O) groups excluding carboxylic acids is 5. The van der Waals surface area contributed by atoms with E-state index in [0.29, 0.717) is 16.8 Å². The summed E-state index contributed by atoms with van der Waals surface area (Å²) in [5.41, 5.74) is 6.56. The number of hydrogen-bond acceptors (Lipinski definition) is 8. The summed E-state index contributed by atoms with van der Waals surface area (Å²) in [6.45, 7) is 5.02. The van der Waals surface area contributed by atoms with E-state index >= 15 is 0 Å². The van der Waals surface area contributed by atoms with Gasteiger partial charge in [0, 0.05) is 28.8 Å². The van der Waals surface area contributed by atoms with Crippen molar-refractivity contribution in [2.45, 2.75) is 51.3 Å². The summed E-state index contributed by atoms with van der Waals surface area (Å²) in [7, 11) is 1.21. The van der Waals surface area contributed by atoms with Crippen molar-refractivity contribution in [2.75, 3.05) is 12.4 Å². The topological polar surface area (TPSA) is 190 Å². The summed E-state index contributed by atoms with van der Waals surface area (Å²) in [4.78, 5) is 65.7. The normalized spacial score (nSPS) is 12.2. The maximum absolute atomic E-state index is 13.7. The summed E-state index contributed by atoms with van der Waals surface area (Å²) in [5, 5.41) is 17.3. The van der Waals surface area contributed by atoms with Gasteiger partial charge in [-0.05, 0) is 67.4 Å². The van der Waals surface area contributed by atoms with Gasteiger partial charge in [0.1, 0.15) is 23.5 Å². The van der Waals surface area contributed by atoms with Crippen LogP contribution in [0.1, 0.15) is 59.0 Å². The highest BCUT2D eigenvalue weighted by Gasteiger charge is 2.31. The van der Waals surface area contributed by atoms with Gasteiger partial charge < -0.3 is 31.2 Å². The second-order valence-electron chi connectivity index (χ2n) is 12.3. The molecule has 0 spiro atoms. The molecule has 12 heteroatoms. The summed E-state index contributed by atoms with van der Waals surface area (Å²) < 4.78 is 10.4. The number of methoxy groups -OCH3 is 1. The fourth-order valence-corrected chi connectivity index (χ4v) is 5.04. The number of nitrogens with one attached hydrogen (secondary N) is 4. The number of carbonyl (C=O) groups is 5. The largest absolute Gasteiger partial charge is 0.467 e. The van der Waals surface area contributed by atoms with Gasteiger partial charge in [0.2, 0.25) is 5.91 Å².